The van der Waals surface area contributed by atoms with E-state index >= 15 is 0 Å². The Balaban J connectivity index is 5.47. The zero-order chi connectivity index (χ0) is 47.0. The van der Waals surface area contributed by atoms with Gasteiger partial charge in [-0.3, -0.25) is 14.4 Å². The van der Waals surface area contributed by atoms with Gasteiger partial charge in [0.15, 0.2) is 0 Å². The highest BCUT2D eigenvalue weighted by Gasteiger charge is 2.35. The van der Waals surface area contributed by atoms with Crippen LogP contribution in [0.4, 0.5) is 4.79 Å². The lowest BCUT2D eigenvalue weighted by Gasteiger charge is -2.34. The van der Waals surface area contributed by atoms with Crippen LogP contribution in [-0.2, 0) is 33.3 Å². The Labute approximate surface area is 392 Å². The zero-order valence-corrected chi connectivity index (χ0v) is 42.0. The van der Waals surface area contributed by atoms with Crippen molar-refractivity contribution in [3.63, 3.8) is 0 Å². The predicted molar refractivity (Wildman–Crippen MR) is 265 cm³/mol. The molecule has 10 nitrogen and oxygen atoms in total. The van der Waals surface area contributed by atoms with E-state index in [1.807, 2.05) is 14.1 Å². The lowest BCUT2D eigenvalue weighted by molar-refractivity contribution is -0.144. The highest BCUT2D eigenvalue weighted by Crippen LogP contribution is 2.27. The maximum atomic E-state index is 13.3. The molecule has 0 aliphatic carbocycles. The molecule has 0 aliphatic heterocycles. The third-order valence-corrected chi connectivity index (χ3v) is 11.5. The van der Waals surface area contributed by atoms with E-state index in [1.54, 1.807) is 0 Å². The number of unbranched alkanes of at least 4 members (excludes halogenated alkanes) is 20. The lowest BCUT2D eigenvalue weighted by Crippen LogP contribution is -2.50. The molecular weight excluding hydrogens is 805 g/mol. The van der Waals surface area contributed by atoms with Crippen molar-refractivity contribution in [3.05, 3.63) is 36.5 Å². The van der Waals surface area contributed by atoms with Crippen LogP contribution in [0.3, 0.4) is 0 Å². The number of carbonyl (C=O) groups is 4. The van der Waals surface area contributed by atoms with Crippen molar-refractivity contribution < 1.29 is 38.1 Å². The van der Waals surface area contributed by atoms with Crippen LogP contribution in [0.25, 0.3) is 0 Å². The van der Waals surface area contributed by atoms with Gasteiger partial charge in [0.05, 0.1) is 26.4 Å². The second-order valence-corrected chi connectivity index (χ2v) is 18.0. The molecule has 0 atom stereocenters. The Morgan fingerprint density at radius 3 is 1.05 bits per heavy atom. The molecule has 0 fully saturated rings. The molecule has 0 bridgehead atoms. The summed E-state index contributed by atoms with van der Waals surface area (Å²) in [5, 5.41) is 3.02. The molecule has 0 saturated carbocycles. The maximum Gasteiger partial charge on any atom is 0.407 e. The molecule has 0 radical (unpaired) electrons. The van der Waals surface area contributed by atoms with E-state index in [9.17, 15) is 19.2 Å². The predicted octanol–water partition coefficient (Wildman–Crippen LogP) is 14.2. The van der Waals surface area contributed by atoms with E-state index < -0.39 is 11.6 Å². The van der Waals surface area contributed by atoms with Crippen LogP contribution in [0.2, 0.25) is 0 Å². The minimum absolute atomic E-state index is 0.0180. The highest BCUT2D eigenvalue weighted by molar-refractivity contribution is 5.73. The smallest absolute Gasteiger partial charge is 0.407 e. The summed E-state index contributed by atoms with van der Waals surface area (Å²) in [7, 11) is 4.00. The SMILES string of the molecule is CCCCCC/C=C\CCCCCOC(=O)CCC(CCC(=O)OCCCC/C=C\CCCCCC)(CCC(=O)OCCCC/C=C\CCCCCC)NC(=O)OCCCCN(C)C. The van der Waals surface area contributed by atoms with Crippen molar-refractivity contribution >= 4 is 24.0 Å². The Morgan fingerprint density at radius 2 is 0.703 bits per heavy atom. The Kier molecular flexibility index (Phi) is 44.1. The molecule has 0 rings (SSSR count). The molecule has 0 unspecified atom stereocenters. The maximum absolute atomic E-state index is 13.3. The van der Waals surface area contributed by atoms with E-state index in [1.165, 1.54) is 77.0 Å². The molecular formula is C54H98N2O8. The van der Waals surface area contributed by atoms with Gasteiger partial charge in [-0.15, -0.1) is 0 Å². The van der Waals surface area contributed by atoms with E-state index in [-0.39, 0.29) is 63.0 Å². The van der Waals surface area contributed by atoms with Crippen LogP contribution in [0.15, 0.2) is 36.5 Å². The van der Waals surface area contributed by atoms with Gasteiger partial charge in [0.25, 0.3) is 0 Å². The lowest BCUT2D eigenvalue weighted by atomic mass is 9.83. The van der Waals surface area contributed by atoms with Gasteiger partial charge < -0.3 is 29.2 Å². The van der Waals surface area contributed by atoms with Crippen molar-refractivity contribution in [1.82, 2.24) is 10.2 Å². The summed E-state index contributed by atoms with van der Waals surface area (Å²) >= 11 is 0. The second-order valence-electron chi connectivity index (χ2n) is 18.0. The van der Waals surface area contributed by atoms with Gasteiger partial charge in [0, 0.05) is 24.8 Å². The number of rotatable bonds is 46. The number of alkyl carbamates (subject to hydrolysis) is 1. The standard InChI is InChI=1S/C54H98N2O8/c1-6-9-12-15-18-21-24-27-30-33-37-48-63-52(59)41-44-54(55-53(60)64-49-38-34-45-56(4)5,42-39-50(57)61-46-35-31-28-25-22-19-16-13-10-7-2)43-40-51(58)62-47-36-32-29-26-23-20-17-14-11-8-3/h21-26H,6-20,27-49H2,1-5H3,(H,55,60)/b24-21-,25-22-,26-23-. The van der Waals surface area contributed by atoms with Crippen molar-refractivity contribution in [1.29, 1.82) is 0 Å². The molecule has 0 aromatic heterocycles. The molecule has 0 spiro atoms. The van der Waals surface area contributed by atoms with Crippen LogP contribution in [0.1, 0.15) is 233 Å². The molecule has 1 amide bonds. The van der Waals surface area contributed by atoms with Crippen molar-refractivity contribution in [2.45, 2.75) is 238 Å². The summed E-state index contributed by atoms with van der Waals surface area (Å²) in [5.74, 6) is -1.12. The van der Waals surface area contributed by atoms with Gasteiger partial charge in [-0.1, -0.05) is 115 Å². The van der Waals surface area contributed by atoms with Gasteiger partial charge in [0.2, 0.25) is 0 Å². The minimum Gasteiger partial charge on any atom is -0.466 e. The Bertz CT molecular complexity index is 1150. The molecule has 1 N–H and O–H groups in total. The largest absolute Gasteiger partial charge is 0.466 e. The van der Waals surface area contributed by atoms with Crippen LogP contribution < -0.4 is 5.32 Å². The van der Waals surface area contributed by atoms with E-state index in [4.69, 9.17) is 18.9 Å². The summed E-state index contributed by atoms with van der Waals surface area (Å²) in [6, 6.07) is 0. The van der Waals surface area contributed by atoms with Crippen molar-refractivity contribution in [2.75, 3.05) is 47.1 Å². The molecule has 10 heteroatoms. The van der Waals surface area contributed by atoms with Crippen LogP contribution >= 0.6 is 0 Å². The van der Waals surface area contributed by atoms with Gasteiger partial charge in [-0.05, 0) is 155 Å². The average molecular weight is 903 g/mol. The average Bonchev–Trinajstić information content (AvgIpc) is 3.28. The summed E-state index contributed by atoms with van der Waals surface area (Å²) in [6.07, 6.45) is 42.6. The van der Waals surface area contributed by atoms with Crippen LogP contribution in [-0.4, -0.2) is 81.5 Å². The van der Waals surface area contributed by atoms with Crippen LogP contribution in [0, 0.1) is 0 Å². The number of hydrogen-bond donors (Lipinski definition) is 1. The molecule has 64 heavy (non-hydrogen) atoms. The third kappa shape index (κ3) is 42.8. The number of amides is 1. The molecule has 0 aliphatic rings. The number of hydrogen-bond acceptors (Lipinski definition) is 9. The van der Waals surface area contributed by atoms with Gasteiger partial charge in [0.1, 0.15) is 0 Å². The van der Waals surface area contributed by atoms with Crippen LogP contribution in [0.5, 0.6) is 0 Å². The first kappa shape index (κ1) is 60.9. The number of carbonyl (C=O) groups excluding carboxylic acids is 4. The van der Waals surface area contributed by atoms with E-state index in [0.717, 1.165) is 96.4 Å². The second kappa shape index (κ2) is 46.4. The number of nitrogens with one attached hydrogen (secondary N) is 1. The van der Waals surface area contributed by atoms with E-state index in [2.05, 4.69) is 67.4 Å². The fourth-order valence-electron chi connectivity index (χ4n) is 7.35. The molecule has 0 aromatic rings. The zero-order valence-electron chi connectivity index (χ0n) is 42.0. The number of allylic oxidation sites excluding steroid dienone is 6. The summed E-state index contributed by atoms with van der Waals surface area (Å²) < 4.78 is 22.5. The Morgan fingerprint density at radius 1 is 0.406 bits per heavy atom. The van der Waals surface area contributed by atoms with Crippen molar-refractivity contribution in [3.8, 4) is 0 Å². The topological polar surface area (TPSA) is 120 Å². The number of esters is 3. The highest BCUT2D eigenvalue weighted by atomic mass is 16.6. The quantitative estimate of drug-likeness (QED) is 0.0275. The third-order valence-electron chi connectivity index (χ3n) is 11.5. The number of nitrogens with zero attached hydrogens (tertiary/aromatic N) is 1. The Hall–Kier alpha value is -3.14. The summed E-state index contributed by atoms with van der Waals surface area (Å²) in [4.78, 5) is 54.7. The summed E-state index contributed by atoms with van der Waals surface area (Å²) in [5.41, 5.74) is -1.09. The molecule has 372 valence electrons. The minimum atomic E-state index is -1.09. The normalized spacial score (nSPS) is 11.9. The molecule has 0 saturated heterocycles. The van der Waals surface area contributed by atoms with E-state index in [0.29, 0.717) is 26.2 Å². The fourth-order valence-corrected chi connectivity index (χ4v) is 7.35. The number of ether oxygens (including phenoxy) is 4. The van der Waals surface area contributed by atoms with Gasteiger partial charge in [-0.2, -0.15) is 0 Å². The first-order valence-electron chi connectivity index (χ1n) is 26.2. The molecule has 0 heterocycles. The molecule has 0 aromatic carbocycles. The fraction of sp³-hybridized carbons (Fsp3) is 0.815. The monoisotopic (exact) mass is 903 g/mol. The summed E-state index contributed by atoms with van der Waals surface area (Å²) in [6.45, 7) is 8.75. The first-order valence-corrected chi connectivity index (χ1v) is 26.2. The van der Waals surface area contributed by atoms with Gasteiger partial charge >= 0.3 is 24.0 Å². The van der Waals surface area contributed by atoms with Gasteiger partial charge in [-0.25, -0.2) is 4.79 Å². The first-order chi connectivity index (χ1) is 31.2. The van der Waals surface area contributed by atoms with Crippen molar-refractivity contribution in [2.24, 2.45) is 0 Å².